The van der Waals surface area contributed by atoms with Gasteiger partial charge in [-0.1, -0.05) is 0 Å². The van der Waals surface area contributed by atoms with Gasteiger partial charge in [0.2, 0.25) is 0 Å². The van der Waals surface area contributed by atoms with Gasteiger partial charge in [0.1, 0.15) is 0 Å². The number of hydrogen-bond donors (Lipinski definition) is 2. The average molecular weight is 132 g/mol. The third-order valence-electron chi connectivity index (χ3n) is 0.843. The van der Waals surface area contributed by atoms with Gasteiger partial charge in [-0.25, -0.2) is 4.79 Å². The van der Waals surface area contributed by atoms with Crippen molar-refractivity contribution in [2.75, 3.05) is 13.2 Å². The Morgan fingerprint density at radius 1 is 1.44 bits per heavy atom. The summed E-state index contributed by atoms with van der Waals surface area (Å²) in [6, 6.07) is 0. The minimum absolute atomic E-state index is 0.381. The van der Waals surface area contributed by atoms with Gasteiger partial charge in [0.05, 0.1) is 6.61 Å². The van der Waals surface area contributed by atoms with Crippen LogP contribution in [0.1, 0.15) is 12.8 Å². The molecule has 0 heterocycles. The van der Waals surface area contributed by atoms with Crippen molar-refractivity contribution in [2.45, 2.75) is 12.8 Å². The van der Waals surface area contributed by atoms with Crippen LogP contribution < -0.4 is 11.5 Å². The fourth-order valence-electron chi connectivity index (χ4n) is 0.419. The van der Waals surface area contributed by atoms with Gasteiger partial charge in [0, 0.05) is 0 Å². The molecule has 0 unspecified atom stereocenters. The minimum Gasteiger partial charge on any atom is -0.450 e. The molecule has 0 spiro atoms. The van der Waals surface area contributed by atoms with E-state index in [1.165, 1.54) is 0 Å². The van der Waals surface area contributed by atoms with E-state index in [2.05, 4.69) is 10.5 Å². The molecule has 0 aromatic rings. The van der Waals surface area contributed by atoms with Crippen molar-refractivity contribution in [3.8, 4) is 0 Å². The standard InChI is InChI=1S/C5H12N2O2/c6-3-1-2-4-9-5(7)8/h1-4,6H2,(H2,7,8). The van der Waals surface area contributed by atoms with Crippen molar-refractivity contribution in [1.29, 1.82) is 0 Å². The molecule has 1 amide bonds. The summed E-state index contributed by atoms with van der Waals surface area (Å²) in [4.78, 5) is 9.93. The van der Waals surface area contributed by atoms with Gasteiger partial charge in [-0.3, -0.25) is 0 Å². The highest BCUT2D eigenvalue weighted by atomic mass is 16.5. The van der Waals surface area contributed by atoms with E-state index < -0.39 is 6.09 Å². The molecule has 0 aliphatic heterocycles. The Morgan fingerprint density at radius 3 is 2.56 bits per heavy atom. The molecular weight excluding hydrogens is 120 g/mol. The fraction of sp³-hybridized carbons (Fsp3) is 0.800. The largest absolute Gasteiger partial charge is 0.450 e. The summed E-state index contributed by atoms with van der Waals surface area (Å²) in [5.41, 5.74) is 9.86. The summed E-state index contributed by atoms with van der Waals surface area (Å²) in [7, 11) is 0. The summed E-state index contributed by atoms with van der Waals surface area (Å²) in [5.74, 6) is 0. The molecule has 4 N–H and O–H groups in total. The molecule has 0 radical (unpaired) electrons. The monoisotopic (exact) mass is 132 g/mol. The quantitative estimate of drug-likeness (QED) is 0.521. The van der Waals surface area contributed by atoms with Crippen molar-refractivity contribution in [2.24, 2.45) is 11.5 Å². The SMILES string of the molecule is NCCCCOC(N)=O. The van der Waals surface area contributed by atoms with Gasteiger partial charge >= 0.3 is 6.09 Å². The summed E-state index contributed by atoms with van der Waals surface area (Å²) in [5, 5.41) is 0. The van der Waals surface area contributed by atoms with E-state index in [0.29, 0.717) is 13.2 Å². The van der Waals surface area contributed by atoms with Crippen molar-refractivity contribution in [3.63, 3.8) is 0 Å². The highest BCUT2D eigenvalue weighted by Gasteiger charge is 1.90. The smallest absolute Gasteiger partial charge is 0.404 e. The number of nitrogens with two attached hydrogens (primary N) is 2. The Labute approximate surface area is 54.2 Å². The van der Waals surface area contributed by atoms with Crippen LogP contribution in [-0.4, -0.2) is 19.2 Å². The Hall–Kier alpha value is -0.770. The molecule has 0 atom stereocenters. The Kier molecular flexibility index (Phi) is 4.91. The zero-order valence-electron chi connectivity index (χ0n) is 5.30. The molecule has 0 aliphatic rings. The molecule has 4 heteroatoms. The van der Waals surface area contributed by atoms with Crippen molar-refractivity contribution >= 4 is 6.09 Å². The fourth-order valence-corrected chi connectivity index (χ4v) is 0.419. The lowest BCUT2D eigenvalue weighted by molar-refractivity contribution is 0.155. The molecule has 0 aromatic carbocycles. The Balaban J connectivity index is 2.83. The lowest BCUT2D eigenvalue weighted by atomic mass is 10.3. The van der Waals surface area contributed by atoms with Crippen molar-refractivity contribution in [3.05, 3.63) is 0 Å². The maximum absolute atomic E-state index is 9.93. The molecule has 9 heavy (non-hydrogen) atoms. The molecule has 54 valence electrons. The van der Waals surface area contributed by atoms with Crippen LogP contribution in [0.2, 0.25) is 0 Å². The third kappa shape index (κ3) is 7.23. The van der Waals surface area contributed by atoms with Gasteiger partial charge in [-0.2, -0.15) is 0 Å². The van der Waals surface area contributed by atoms with Crippen LogP contribution in [0.3, 0.4) is 0 Å². The summed E-state index contributed by atoms with van der Waals surface area (Å²) in [6.07, 6.45) is 0.944. The third-order valence-corrected chi connectivity index (χ3v) is 0.843. The first kappa shape index (κ1) is 8.23. The summed E-state index contributed by atoms with van der Waals surface area (Å²) in [6.45, 7) is 1.01. The molecule has 0 saturated carbocycles. The lowest BCUT2D eigenvalue weighted by Gasteiger charge is -1.97. The lowest BCUT2D eigenvalue weighted by Crippen LogP contribution is -2.14. The van der Waals surface area contributed by atoms with E-state index in [4.69, 9.17) is 5.73 Å². The molecule has 0 aliphatic carbocycles. The van der Waals surface area contributed by atoms with Gasteiger partial charge in [0.15, 0.2) is 0 Å². The van der Waals surface area contributed by atoms with E-state index in [1.807, 2.05) is 0 Å². The van der Waals surface area contributed by atoms with E-state index in [-0.39, 0.29) is 0 Å². The summed E-state index contributed by atoms with van der Waals surface area (Å²) >= 11 is 0. The van der Waals surface area contributed by atoms with E-state index >= 15 is 0 Å². The number of amides is 1. The molecule has 0 rings (SSSR count). The minimum atomic E-state index is -0.716. The molecule has 0 fully saturated rings. The van der Waals surface area contributed by atoms with E-state index in [0.717, 1.165) is 12.8 Å². The number of rotatable bonds is 4. The molecule has 0 saturated heterocycles. The van der Waals surface area contributed by atoms with Crippen LogP contribution in [0.5, 0.6) is 0 Å². The predicted octanol–water partition coefficient (Wildman–Crippen LogP) is -0.179. The maximum Gasteiger partial charge on any atom is 0.404 e. The van der Waals surface area contributed by atoms with Crippen LogP contribution >= 0.6 is 0 Å². The van der Waals surface area contributed by atoms with Crippen LogP contribution in [-0.2, 0) is 4.74 Å². The first-order chi connectivity index (χ1) is 4.27. The van der Waals surface area contributed by atoms with Crippen LogP contribution in [0.4, 0.5) is 4.79 Å². The van der Waals surface area contributed by atoms with Crippen LogP contribution in [0, 0.1) is 0 Å². The van der Waals surface area contributed by atoms with Gasteiger partial charge in [-0.15, -0.1) is 0 Å². The molecule has 0 bridgehead atoms. The number of carbonyl (C=O) groups excluding carboxylic acids is 1. The van der Waals surface area contributed by atoms with Gasteiger partial charge in [0.25, 0.3) is 0 Å². The van der Waals surface area contributed by atoms with Crippen molar-refractivity contribution < 1.29 is 9.53 Å². The molecular formula is C5H12N2O2. The number of hydrogen-bond acceptors (Lipinski definition) is 3. The zero-order valence-corrected chi connectivity index (χ0v) is 5.30. The first-order valence-electron chi connectivity index (χ1n) is 2.89. The van der Waals surface area contributed by atoms with E-state index in [9.17, 15) is 4.79 Å². The molecule has 0 aromatic heterocycles. The molecule has 4 nitrogen and oxygen atoms in total. The van der Waals surface area contributed by atoms with Crippen LogP contribution in [0.25, 0.3) is 0 Å². The number of primary amides is 1. The number of carbonyl (C=O) groups is 1. The number of ether oxygens (including phenoxy) is 1. The van der Waals surface area contributed by atoms with Gasteiger partial charge < -0.3 is 16.2 Å². The van der Waals surface area contributed by atoms with Crippen LogP contribution in [0.15, 0.2) is 0 Å². The van der Waals surface area contributed by atoms with E-state index in [1.54, 1.807) is 0 Å². The first-order valence-corrected chi connectivity index (χ1v) is 2.89. The normalized spacial score (nSPS) is 9.00. The van der Waals surface area contributed by atoms with Crippen molar-refractivity contribution in [1.82, 2.24) is 0 Å². The summed E-state index contributed by atoms with van der Waals surface area (Å²) < 4.78 is 4.43. The maximum atomic E-state index is 9.93. The highest BCUT2D eigenvalue weighted by molar-refractivity contribution is 5.64. The Morgan fingerprint density at radius 2 is 2.11 bits per heavy atom. The number of unbranched alkanes of at least 4 members (excludes halogenated alkanes) is 1. The topological polar surface area (TPSA) is 78.3 Å². The second kappa shape index (κ2) is 5.37. The predicted molar refractivity (Wildman–Crippen MR) is 33.8 cm³/mol. The average Bonchev–Trinajstić information content (AvgIpc) is 1.80. The second-order valence-electron chi connectivity index (χ2n) is 1.66. The highest BCUT2D eigenvalue weighted by Crippen LogP contribution is 1.85. The Bertz CT molecular complexity index is 85.0. The second-order valence-corrected chi connectivity index (χ2v) is 1.66. The van der Waals surface area contributed by atoms with Gasteiger partial charge in [-0.05, 0) is 19.4 Å². The zero-order chi connectivity index (χ0) is 7.11.